The van der Waals surface area contributed by atoms with Crippen molar-refractivity contribution in [3.8, 4) is 0 Å². The highest BCUT2D eigenvalue weighted by Crippen LogP contribution is 2.29. The molecule has 1 aliphatic carbocycles. The first kappa shape index (κ1) is 12.8. The van der Waals surface area contributed by atoms with Gasteiger partial charge in [0.05, 0.1) is 25.2 Å². The maximum atomic E-state index is 12.4. The summed E-state index contributed by atoms with van der Waals surface area (Å²) in [7, 11) is 0. The Hall–Kier alpha value is -1.21. The highest BCUT2D eigenvalue weighted by Gasteiger charge is 2.36. The van der Waals surface area contributed by atoms with Crippen molar-refractivity contribution in [2.24, 2.45) is 0 Å². The molecule has 1 aromatic rings. The zero-order valence-corrected chi connectivity index (χ0v) is 11.6. The molecule has 19 heavy (non-hydrogen) atoms. The lowest BCUT2D eigenvalue weighted by Crippen LogP contribution is -2.55. The summed E-state index contributed by atoms with van der Waals surface area (Å²) in [4.78, 5) is 14.4. The molecule has 0 bridgehead atoms. The molecule has 1 saturated carbocycles. The van der Waals surface area contributed by atoms with E-state index in [1.165, 1.54) is 24.2 Å². The van der Waals surface area contributed by atoms with Crippen LogP contribution in [0.15, 0.2) is 0 Å². The Morgan fingerprint density at radius 1 is 1.42 bits per heavy atom. The van der Waals surface area contributed by atoms with Crippen LogP contribution >= 0.6 is 11.3 Å². The Labute approximate surface area is 115 Å². The fourth-order valence-electron chi connectivity index (χ4n) is 2.98. The Balaban J connectivity index is 1.67. The zero-order chi connectivity index (χ0) is 13.2. The highest BCUT2D eigenvalue weighted by molar-refractivity contribution is 7.15. The molecule has 104 valence electrons. The highest BCUT2D eigenvalue weighted by atomic mass is 32.1. The minimum atomic E-state index is 0.122. The van der Waals surface area contributed by atoms with E-state index in [1.807, 2.05) is 4.90 Å². The molecule has 7 heteroatoms. The van der Waals surface area contributed by atoms with Gasteiger partial charge in [-0.1, -0.05) is 24.2 Å². The van der Waals surface area contributed by atoms with Crippen molar-refractivity contribution >= 4 is 22.4 Å². The number of ether oxygens (including phenoxy) is 1. The molecule has 1 amide bonds. The molecule has 1 saturated heterocycles. The lowest BCUT2D eigenvalue weighted by molar-refractivity contribution is -0.148. The van der Waals surface area contributed by atoms with Crippen LogP contribution in [-0.4, -0.2) is 46.3 Å². The molecule has 2 aliphatic rings. The lowest BCUT2D eigenvalue weighted by Gasteiger charge is -2.43. The molecule has 0 unspecified atom stereocenters. The molecule has 1 aromatic heterocycles. The van der Waals surface area contributed by atoms with E-state index in [2.05, 4.69) is 10.2 Å². The zero-order valence-electron chi connectivity index (χ0n) is 10.7. The van der Waals surface area contributed by atoms with Crippen molar-refractivity contribution in [2.75, 3.05) is 18.9 Å². The fraction of sp³-hybridized carbons (Fsp3) is 0.750. The Kier molecular flexibility index (Phi) is 3.65. The average molecular weight is 282 g/mol. The van der Waals surface area contributed by atoms with Gasteiger partial charge in [-0.15, -0.1) is 10.2 Å². The Morgan fingerprint density at radius 3 is 3.05 bits per heavy atom. The predicted octanol–water partition coefficient (Wildman–Crippen LogP) is 0.833. The smallest absolute Gasteiger partial charge is 0.229 e. The van der Waals surface area contributed by atoms with Crippen molar-refractivity contribution in [1.29, 1.82) is 0 Å². The minimum absolute atomic E-state index is 0.122. The van der Waals surface area contributed by atoms with Gasteiger partial charge in [0.1, 0.15) is 5.01 Å². The third kappa shape index (κ3) is 2.71. The number of hydrogen-bond acceptors (Lipinski definition) is 6. The second kappa shape index (κ2) is 5.42. The van der Waals surface area contributed by atoms with E-state index in [-0.39, 0.29) is 18.1 Å². The van der Waals surface area contributed by atoms with Crippen LogP contribution < -0.4 is 5.73 Å². The molecule has 0 aromatic carbocycles. The van der Waals surface area contributed by atoms with Crippen LogP contribution in [0.3, 0.4) is 0 Å². The second-order valence-electron chi connectivity index (χ2n) is 5.06. The molecular formula is C12H18N4O2S. The van der Waals surface area contributed by atoms with Gasteiger partial charge >= 0.3 is 0 Å². The van der Waals surface area contributed by atoms with Gasteiger partial charge in [-0.05, 0) is 12.8 Å². The van der Waals surface area contributed by atoms with Gasteiger partial charge in [0, 0.05) is 6.54 Å². The number of fused-ring (bicyclic) bond motifs is 1. The number of anilines is 1. The summed E-state index contributed by atoms with van der Waals surface area (Å²) in [5.41, 5.74) is 5.54. The molecule has 6 nitrogen and oxygen atoms in total. The molecule has 0 radical (unpaired) electrons. The van der Waals surface area contributed by atoms with E-state index in [4.69, 9.17) is 10.5 Å². The van der Waals surface area contributed by atoms with Crippen molar-refractivity contribution < 1.29 is 9.53 Å². The van der Waals surface area contributed by atoms with E-state index in [9.17, 15) is 4.79 Å². The summed E-state index contributed by atoms with van der Waals surface area (Å²) < 4.78 is 5.78. The van der Waals surface area contributed by atoms with E-state index < -0.39 is 0 Å². The quantitative estimate of drug-likeness (QED) is 0.869. The number of nitrogen functional groups attached to an aromatic ring is 1. The maximum Gasteiger partial charge on any atom is 0.229 e. The molecule has 2 heterocycles. The minimum Gasteiger partial charge on any atom is -0.374 e. The molecule has 0 spiro atoms. The number of rotatable bonds is 2. The van der Waals surface area contributed by atoms with Crippen LogP contribution in [0.5, 0.6) is 0 Å². The first-order chi connectivity index (χ1) is 9.24. The van der Waals surface area contributed by atoms with E-state index in [0.29, 0.717) is 29.7 Å². The fourth-order valence-corrected chi connectivity index (χ4v) is 3.58. The predicted molar refractivity (Wildman–Crippen MR) is 71.7 cm³/mol. The van der Waals surface area contributed by atoms with Gasteiger partial charge in [-0.25, -0.2) is 0 Å². The number of carbonyl (C=O) groups excluding carboxylic acids is 1. The van der Waals surface area contributed by atoms with E-state index in [0.717, 1.165) is 12.8 Å². The maximum absolute atomic E-state index is 12.4. The summed E-state index contributed by atoms with van der Waals surface area (Å²) in [6.07, 6.45) is 5.04. The third-order valence-electron chi connectivity index (χ3n) is 3.84. The number of hydrogen-bond donors (Lipinski definition) is 1. The van der Waals surface area contributed by atoms with E-state index >= 15 is 0 Å². The number of amides is 1. The van der Waals surface area contributed by atoms with Gasteiger partial charge in [0.2, 0.25) is 11.0 Å². The molecular weight excluding hydrogens is 264 g/mol. The van der Waals surface area contributed by atoms with Gasteiger partial charge in [0.15, 0.2) is 0 Å². The van der Waals surface area contributed by atoms with Crippen LogP contribution in [0, 0.1) is 0 Å². The number of nitrogens with two attached hydrogens (primary N) is 1. The molecule has 1 aliphatic heterocycles. The standard InChI is InChI=1S/C12H18N4O2S/c13-12-15-14-10(19-12)7-11(17)16-5-6-18-9-4-2-1-3-8(9)16/h8-9H,1-7H2,(H2,13,15)/t8-,9-/m0/s1. The summed E-state index contributed by atoms with van der Waals surface area (Å²) in [5.74, 6) is 0.122. The molecule has 2 N–H and O–H groups in total. The Bertz CT molecular complexity index is 462. The summed E-state index contributed by atoms with van der Waals surface area (Å²) >= 11 is 1.29. The van der Waals surface area contributed by atoms with Crippen molar-refractivity contribution in [2.45, 2.75) is 44.2 Å². The third-order valence-corrected chi connectivity index (χ3v) is 4.59. The number of aromatic nitrogens is 2. The van der Waals surface area contributed by atoms with Gasteiger partial charge in [-0.3, -0.25) is 4.79 Å². The van der Waals surface area contributed by atoms with E-state index in [1.54, 1.807) is 0 Å². The lowest BCUT2D eigenvalue weighted by atomic mass is 9.90. The molecule has 2 fully saturated rings. The van der Waals surface area contributed by atoms with Crippen LogP contribution in [0.2, 0.25) is 0 Å². The van der Waals surface area contributed by atoms with Gasteiger partial charge in [-0.2, -0.15) is 0 Å². The average Bonchev–Trinajstić information content (AvgIpc) is 2.83. The first-order valence-electron chi connectivity index (χ1n) is 6.73. The first-order valence-corrected chi connectivity index (χ1v) is 7.54. The van der Waals surface area contributed by atoms with Crippen molar-refractivity contribution in [3.05, 3.63) is 5.01 Å². The van der Waals surface area contributed by atoms with Crippen molar-refractivity contribution in [3.63, 3.8) is 0 Å². The largest absolute Gasteiger partial charge is 0.374 e. The molecule has 2 atom stereocenters. The van der Waals surface area contributed by atoms with Gasteiger partial charge < -0.3 is 15.4 Å². The van der Waals surface area contributed by atoms with Crippen LogP contribution in [0.25, 0.3) is 0 Å². The summed E-state index contributed by atoms with van der Waals surface area (Å²) in [5, 5.41) is 8.78. The summed E-state index contributed by atoms with van der Waals surface area (Å²) in [6, 6.07) is 0.250. The number of nitrogens with zero attached hydrogens (tertiary/aromatic N) is 3. The van der Waals surface area contributed by atoms with Crippen LogP contribution in [-0.2, 0) is 16.0 Å². The summed E-state index contributed by atoms with van der Waals surface area (Å²) in [6.45, 7) is 1.33. The number of morpholine rings is 1. The van der Waals surface area contributed by atoms with Crippen LogP contribution in [0.4, 0.5) is 5.13 Å². The van der Waals surface area contributed by atoms with Crippen LogP contribution in [0.1, 0.15) is 30.7 Å². The van der Waals surface area contributed by atoms with Crippen molar-refractivity contribution in [1.82, 2.24) is 15.1 Å². The monoisotopic (exact) mass is 282 g/mol. The number of carbonyl (C=O) groups is 1. The second-order valence-corrected chi connectivity index (χ2v) is 6.15. The topological polar surface area (TPSA) is 81.3 Å². The SMILES string of the molecule is Nc1nnc(CC(=O)N2CCO[C@H]3CCCC[C@@H]32)s1. The molecule has 3 rings (SSSR count). The normalized spacial score (nSPS) is 27.1. The van der Waals surface area contributed by atoms with Gasteiger partial charge in [0.25, 0.3) is 0 Å². The Morgan fingerprint density at radius 2 is 2.26 bits per heavy atom.